The largest absolute Gasteiger partial charge is 0.387 e. The van der Waals surface area contributed by atoms with Crippen LogP contribution in [0.15, 0.2) is 10.4 Å². The fraction of sp³-hybridized carbons (Fsp3) is 0.765. The SMILES string of the molecule is CCNC(=NCC(C)(O)CN1CCOCC1)NCCc1csc(C)n1. The van der Waals surface area contributed by atoms with Gasteiger partial charge >= 0.3 is 0 Å². The summed E-state index contributed by atoms with van der Waals surface area (Å²) in [7, 11) is 0. The first-order valence-corrected chi connectivity index (χ1v) is 9.82. The Balaban J connectivity index is 1.80. The van der Waals surface area contributed by atoms with Gasteiger partial charge in [0, 0.05) is 44.5 Å². The molecule has 1 aliphatic rings. The molecule has 3 N–H and O–H groups in total. The molecule has 1 fully saturated rings. The van der Waals surface area contributed by atoms with Crippen molar-refractivity contribution in [2.24, 2.45) is 4.99 Å². The molecular formula is C17H31N5O2S. The van der Waals surface area contributed by atoms with E-state index in [0.717, 1.165) is 62.5 Å². The lowest BCUT2D eigenvalue weighted by Crippen LogP contribution is -2.48. The van der Waals surface area contributed by atoms with Gasteiger partial charge in [-0.2, -0.15) is 0 Å². The summed E-state index contributed by atoms with van der Waals surface area (Å²) in [4.78, 5) is 11.2. The summed E-state index contributed by atoms with van der Waals surface area (Å²) in [6.07, 6.45) is 0.860. The second-order valence-electron chi connectivity index (χ2n) is 6.62. The molecule has 25 heavy (non-hydrogen) atoms. The van der Waals surface area contributed by atoms with Crippen molar-refractivity contribution in [1.82, 2.24) is 20.5 Å². The lowest BCUT2D eigenvalue weighted by atomic mass is 10.1. The van der Waals surface area contributed by atoms with Crippen LogP contribution in [-0.2, 0) is 11.2 Å². The third kappa shape index (κ3) is 7.68. The number of hydrogen-bond acceptors (Lipinski definition) is 6. The van der Waals surface area contributed by atoms with E-state index in [9.17, 15) is 5.11 Å². The number of β-amino-alcohol motifs (C(OH)–C–C–N with tert-alkyl or cyclic N) is 1. The number of aromatic nitrogens is 1. The Kier molecular flexibility index (Phi) is 8.08. The Morgan fingerprint density at radius 3 is 2.84 bits per heavy atom. The van der Waals surface area contributed by atoms with Gasteiger partial charge in [-0.3, -0.25) is 9.89 Å². The normalized spacial score (nSPS) is 18.8. The third-order valence-electron chi connectivity index (χ3n) is 3.93. The van der Waals surface area contributed by atoms with Crippen LogP contribution in [-0.4, -0.2) is 79.0 Å². The minimum absolute atomic E-state index is 0.357. The van der Waals surface area contributed by atoms with Crippen LogP contribution in [0.1, 0.15) is 24.5 Å². The van der Waals surface area contributed by atoms with Crippen molar-refractivity contribution in [3.63, 3.8) is 0 Å². The Labute approximate surface area is 154 Å². The van der Waals surface area contributed by atoms with E-state index >= 15 is 0 Å². The van der Waals surface area contributed by atoms with Crippen LogP contribution in [0.5, 0.6) is 0 Å². The van der Waals surface area contributed by atoms with Gasteiger partial charge in [0.1, 0.15) is 0 Å². The fourth-order valence-corrected chi connectivity index (χ4v) is 3.36. The van der Waals surface area contributed by atoms with Gasteiger partial charge in [-0.1, -0.05) is 0 Å². The van der Waals surface area contributed by atoms with Crippen LogP contribution < -0.4 is 10.6 Å². The topological polar surface area (TPSA) is 82.0 Å². The van der Waals surface area contributed by atoms with Crippen LogP contribution >= 0.6 is 11.3 Å². The molecule has 1 saturated heterocycles. The molecule has 1 atom stereocenters. The highest BCUT2D eigenvalue weighted by atomic mass is 32.1. The van der Waals surface area contributed by atoms with E-state index in [0.29, 0.717) is 13.1 Å². The molecule has 1 unspecified atom stereocenters. The molecule has 7 nitrogen and oxygen atoms in total. The lowest BCUT2D eigenvalue weighted by molar-refractivity contribution is -0.0179. The number of aliphatic imine (C=N–C) groups is 1. The zero-order valence-corrected chi connectivity index (χ0v) is 16.4. The molecule has 0 aromatic carbocycles. The Morgan fingerprint density at radius 1 is 1.44 bits per heavy atom. The Morgan fingerprint density at radius 2 is 2.20 bits per heavy atom. The van der Waals surface area contributed by atoms with Gasteiger partial charge in [0.2, 0.25) is 0 Å². The molecule has 142 valence electrons. The van der Waals surface area contributed by atoms with E-state index in [4.69, 9.17) is 4.74 Å². The molecule has 0 spiro atoms. The average Bonchev–Trinajstić information content (AvgIpc) is 2.98. The summed E-state index contributed by atoms with van der Waals surface area (Å²) in [6.45, 7) is 11.6. The highest BCUT2D eigenvalue weighted by Gasteiger charge is 2.25. The van der Waals surface area contributed by atoms with Crippen LogP contribution in [0.25, 0.3) is 0 Å². The van der Waals surface area contributed by atoms with Crippen molar-refractivity contribution in [2.75, 3.05) is 52.5 Å². The quantitative estimate of drug-likeness (QED) is 0.461. The summed E-state index contributed by atoms with van der Waals surface area (Å²) >= 11 is 1.67. The maximum absolute atomic E-state index is 10.6. The monoisotopic (exact) mass is 369 g/mol. The second-order valence-corrected chi connectivity index (χ2v) is 7.68. The van der Waals surface area contributed by atoms with Gasteiger partial charge < -0.3 is 20.5 Å². The van der Waals surface area contributed by atoms with Crippen molar-refractivity contribution in [3.8, 4) is 0 Å². The van der Waals surface area contributed by atoms with E-state index in [1.165, 1.54) is 0 Å². The van der Waals surface area contributed by atoms with E-state index < -0.39 is 5.60 Å². The fourth-order valence-electron chi connectivity index (χ4n) is 2.71. The smallest absolute Gasteiger partial charge is 0.191 e. The van der Waals surface area contributed by atoms with Crippen molar-refractivity contribution < 1.29 is 9.84 Å². The number of rotatable bonds is 8. The van der Waals surface area contributed by atoms with Crippen molar-refractivity contribution in [2.45, 2.75) is 32.8 Å². The number of ether oxygens (including phenoxy) is 1. The number of hydrogen-bond donors (Lipinski definition) is 3. The molecule has 1 aromatic heterocycles. The first-order chi connectivity index (χ1) is 12.0. The predicted molar refractivity (Wildman–Crippen MR) is 102 cm³/mol. The van der Waals surface area contributed by atoms with E-state index in [1.54, 1.807) is 11.3 Å². The standard InChI is InChI=1S/C17H31N5O2S/c1-4-18-16(19-6-5-15-11-25-14(2)21-15)20-12-17(3,23)13-22-7-9-24-10-8-22/h11,23H,4-10,12-13H2,1-3H3,(H2,18,19,20). The number of morpholine rings is 1. The first-order valence-electron chi connectivity index (χ1n) is 8.94. The van der Waals surface area contributed by atoms with Gasteiger partial charge in [0.25, 0.3) is 0 Å². The summed E-state index contributed by atoms with van der Waals surface area (Å²) in [5, 5.41) is 20.4. The number of thiazole rings is 1. The molecule has 2 rings (SSSR count). The molecule has 2 heterocycles. The predicted octanol–water partition coefficient (Wildman–Crippen LogP) is 0.632. The first kappa shape index (κ1) is 20.1. The summed E-state index contributed by atoms with van der Waals surface area (Å²) in [5.41, 5.74) is 0.247. The van der Waals surface area contributed by atoms with Gasteiger partial charge in [-0.05, 0) is 20.8 Å². The number of nitrogens with one attached hydrogen (secondary N) is 2. The number of guanidine groups is 1. The molecule has 0 bridgehead atoms. The summed E-state index contributed by atoms with van der Waals surface area (Å²) in [6, 6.07) is 0. The van der Waals surface area contributed by atoms with Crippen LogP contribution in [0.4, 0.5) is 0 Å². The molecule has 0 saturated carbocycles. The average molecular weight is 370 g/mol. The van der Waals surface area contributed by atoms with Gasteiger partial charge in [0.15, 0.2) is 5.96 Å². The zero-order chi connectivity index (χ0) is 18.1. The zero-order valence-electron chi connectivity index (χ0n) is 15.5. The number of nitrogens with zero attached hydrogens (tertiary/aromatic N) is 3. The molecule has 8 heteroatoms. The molecule has 0 amide bonds. The van der Waals surface area contributed by atoms with Crippen molar-refractivity contribution in [3.05, 3.63) is 16.1 Å². The van der Waals surface area contributed by atoms with E-state index in [2.05, 4.69) is 30.9 Å². The minimum Gasteiger partial charge on any atom is -0.387 e. The van der Waals surface area contributed by atoms with Gasteiger partial charge in [-0.25, -0.2) is 4.98 Å². The van der Waals surface area contributed by atoms with Crippen molar-refractivity contribution in [1.29, 1.82) is 0 Å². The molecule has 0 radical (unpaired) electrons. The van der Waals surface area contributed by atoms with Crippen LogP contribution in [0, 0.1) is 6.92 Å². The second kappa shape index (κ2) is 10.1. The highest BCUT2D eigenvalue weighted by molar-refractivity contribution is 7.09. The molecule has 1 aliphatic heterocycles. The Bertz CT molecular complexity index is 541. The summed E-state index contributed by atoms with van der Waals surface area (Å²) < 4.78 is 5.35. The van der Waals surface area contributed by atoms with Gasteiger partial charge in [-0.15, -0.1) is 11.3 Å². The van der Waals surface area contributed by atoms with E-state index in [1.807, 2.05) is 20.8 Å². The maximum atomic E-state index is 10.6. The maximum Gasteiger partial charge on any atom is 0.191 e. The van der Waals surface area contributed by atoms with Gasteiger partial charge in [0.05, 0.1) is 36.1 Å². The number of aliphatic hydroxyl groups is 1. The third-order valence-corrected chi connectivity index (χ3v) is 4.75. The van der Waals surface area contributed by atoms with E-state index in [-0.39, 0.29) is 0 Å². The Hall–Kier alpha value is -1.22. The van der Waals surface area contributed by atoms with Crippen LogP contribution in [0.2, 0.25) is 0 Å². The molecular weight excluding hydrogens is 338 g/mol. The van der Waals surface area contributed by atoms with Crippen molar-refractivity contribution >= 4 is 17.3 Å². The summed E-state index contributed by atoms with van der Waals surface area (Å²) in [5.74, 6) is 0.733. The molecule has 1 aromatic rings. The minimum atomic E-state index is -0.855. The molecule has 0 aliphatic carbocycles. The van der Waals surface area contributed by atoms with Crippen LogP contribution in [0.3, 0.4) is 0 Å². The highest BCUT2D eigenvalue weighted by Crippen LogP contribution is 2.09. The lowest BCUT2D eigenvalue weighted by Gasteiger charge is -2.33. The number of aryl methyl sites for hydroxylation is 1.